The third kappa shape index (κ3) is 12.6. The molecule has 0 radical (unpaired) electrons. The molecule has 0 atom stereocenters. The molecular formula is C37H43ClO7S. The molecule has 0 amide bonds. The van der Waals surface area contributed by atoms with E-state index in [0.717, 1.165) is 42.4 Å². The molecule has 0 unspecified atom stereocenters. The molecule has 46 heavy (non-hydrogen) atoms. The number of hydrogen-bond acceptors (Lipinski definition) is 8. The highest BCUT2D eigenvalue weighted by Gasteiger charge is 2.17. The summed E-state index contributed by atoms with van der Waals surface area (Å²) in [5.41, 5.74) is 1.67. The van der Waals surface area contributed by atoms with Crippen molar-refractivity contribution in [3.63, 3.8) is 0 Å². The molecule has 3 rings (SSSR count). The van der Waals surface area contributed by atoms with E-state index in [-0.39, 0.29) is 16.3 Å². The molecule has 0 aliphatic rings. The van der Waals surface area contributed by atoms with Gasteiger partial charge in [-0.05, 0) is 79.5 Å². The summed E-state index contributed by atoms with van der Waals surface area (Å²) in [5, 5.41) is 0.106. The van der Waals surface area contributed by atoms with Gasteiger partial charge in [-0.1, -0.05) is 75.8 Å². The van der Waals surface area contributed by atoms with Crippen LogP contribution in [-0.2, 0) is 16.0 Å². The Hall–Kier alpha value is -3.75. The van der Waals surface area contributed by atoms with Gasteiger partial charge in [0.1, 0.15) is 17.2 Å². The van der Waals surface area contributed by atoms with Crippen LogP contribution in [0.15, 0.2) is 78.2 Å². The number of hydrogen-bond donors (Lipinski definition) is 0. The van der Waals surface area contributed by atoms with Crippen LogP contribution in [0.25, 0.3) is 0 Å². The molecule has 7 nitrogen and oxygen atoms in total. The van der Waals surface area contributed by atoms with E-state index in [9.17, 15) is 14.4 Å². The van der Waals surface area contributed by atoms with Gasteiger partial charge in [0, 0.05) is 17.0 Å². The van der Waals surface area contributed by atoms with Gasteiger partial charge in [-0.25, -0.2) is 14.4 Å². The van der Waals surface area contributed by atoms with Gasteiger partial charge >= 0.3 is 17.9 Å². The molecule has 0 fully saturated rings. The van der Waals surface area contributed by atoms with Crippen molar-refractivity contribution in [2.24, 2.45) is 0 Å². The monoisotopic (exact) mass is 666 g/mol. The number of thioether (sulfide) groups is 1. The lowest BCUT2D eigenvalue weighted by atomic mass is 10.0. The lowest BCUT2D eigenvalue weighted by molar-refractivity contribution is -0.137. The lowest BCUT2D eigenvalue weighted by Crippen LogP contribution is -2.11. The fourth-order valence-electron chi connectivity index (χ4n) is 4.59. The third-order valence-corrected chi connectivity index (χ3v) is 8.63. The van der Waals surface area contributed by atoms with Crippen molar-refractivity contribution in [2.75, 3.05) is 19.5 Å². The van der Waals surface area contributed by atoms with Crippen LogP contribution >= 0.6 is 23.4 Å². The second kappa shape index (κ2) is 20.4. The molecule has 9 heteroatoms. The molecule has 3 aromatic carbocycles. The summed E-state index contributed by atoms with van der Waals surface area (Å²) in [7, 11) is 1.53. The summed E-state index contributed by atoms with van der Waals surface area (Å²) in [4.78, 5) is 37.7. The smallest absolute Gasteiger partial charge is 0.345 e. The van der Waals surface area contributed by atoms with E-state index in [1.807, 2.05) is 12.1 Å². The quantitative estimate of drug-likeness (QED) is 0.0387. The number of methoxy groups -OCH3 is 1. The predicted octanol–water partition coefficient (Wildman–Crippen LogP) is 9.68. The zero-order chi connectivity index (χ0) is 33.1. The Morgan fingerprint density at radius 2 is 1.50 bits per heavy atom. The Morgan fingerprint density at radius 1 is 0.804 bits per heavy atom. The standard InChI is InChI=1S/C37H43ClO7S/c1-4-6-7-8-9-10-11-14-27-15-18-29(19-16-27)44-37(41)31-21-20-30(26-32(31)38)45-36(40)28-17-22-34(33(25-28)42-3)46-24-13-12-23-43-35(39)5-2/h5,15-22,25-26H,2,4,6-14,23-24H2,1,3H3. The molecule has 0 saturated carbocycles. The topological polar surface area (TPSA) is 88.1 Å². The number of aryl methyl sites for hydroxylation is 1. The normalized spacial score (nSPS) is 10.7. The maximum atomic E-state index is 12.9. The van der Waals surface area contributed by atoms with E-state index in [1.54, 1.807) is 42.1 Å². The van der Waals surface area contributed by atoms with Gasteiger partial charge in [-0.3, -0.25) is 0 Å². The van der Waals surface area contributed by atoms with E-state index in [1.165, 1.54) is 69.4 Å². The second-order valence-corrected chi connectivity index (χ2v) is 12.3. The van der Waals surface area contributed by atoms with Crippen LogP contribution in [0, 0.1) is 0 Å². The van der Waals surface area contributed by atoms with Crippen LogP contribution in [0.2, 0.25) is 5.02 Å². The van der Waals surface area contributed by atoms with E-state index < -0.39 is 17.9 Å². The number of benzene rings is 3. The number of ether oxygens (including phenoxy) is 4. The summed E-state index contributed by atoms with van der Waals surface area (Å²) in [6.07, 6.45) is 12.6. The zero-order valence-electron chi connectivity index (χ0n) is 26.7. The molecule has 0 bridgehead atoms. The van der Waals surface area contributed by atoms with Crippen molar-refractivity contribution >= 4 is 41.3 Å². The minimum absolute atomic E-state index is 0.106. The highest BCUT2D eigenvalue weighted by molar-refractivity contribution is 7.99. The number of halogens is 1. The van der Waals surface area contributed by atoms with Crippen LogP contribution in [0.1, 0.15) is 91.0 Å². The van der Waals surface area contributed by atoms with Gasteiger partial charge in [0.15, 0.2) is 0 Å². The Labute approximate surface area is 281 Å². The fourth-order valence-corrected chi connectivity index (χ4v) is 5.86. The number of carbonyl (C=O) groups is 3. The average Bonchev–Trinajstić information content (AvgIpc) is 3.06. The lowest BCUT2D eigenvalue weighted by Gasteiger charge is -2.11. The first-order chi connectivity index (χ1) is 22.3. The zero-order valence-corrected chi connectivity index (χ0v) is 28.3. The first-order valence-corrected chi connectivity index (χ1v) is 17.1. The maximum Gasteiger partial charge on any atom is 0.345 e. The fraction of sp³-hybridized carbons (Fsp3) is 0.378. The number of carbonyl (C=O) groups excluding carboxylic acids is 3. The second-order valence-electron chi connectivity index (χ2n) is 10.7. The van der Waals surface area contributed by atoms with Crippen LogP contribution < -0.4 is 14.2 Å². The van der Waals surface area contributed by atoms with Crippen molar-refractivity contribution in [3.05, 3.63) is 95.0 Å². The van der Waals surface area contributed by atoms with Crippen LogP contribution in [0.3, 0.4) is 0 Å². The Kier molecular flexibility index (Phi) is 16.3. The molecule has 0 N–H and O–H groups in total. The van der Waals surface area contributed by atoms with Crippen molar-refractivity contribution in [3.8, 4) is 17.2 Å². The van der Waals surface area contributed by atoms with Crippen molar-refractivity contribution in [1.82, 2.24) is 0 Å². The molecule has 0 spiro atoms. The maximum absolute atomic E-state index is 12.9. The average molecular weight is 667 g/mol. The molecule has 0 saturated heterocycles. The number of rotatable bonds is 20. The Balaban J connectivity index is 1.48. The van der Waals surface area contributed by atoms with Gasteiger partial charge in [0.05, 0.1) is 29.9 Å². The largest absolute Gasteiger partial charge is 0.496 e. The summed E-state index contributed by atoms with van der Waals surface area (Å²) in [6.45, 7) is 5.94. The minimum atomic E-state index is -0.599. The Morgan fingerprint density at radius 3 is 2.20 bits per heavy atom. The van der Waals surface area contributed by atoms with Gasteiger partial charge in [-0.15, -0.1) is 11.8 Å². The highest BCUT2D eigenvalue weighted by Crippen LogP contribution is 2.32. The summed E-state index contributed by atoms with van der Waals surface area (Å²) >= 11 is 7.96. The molecule has 3 aromatic rings. The van der Waals surface area contributed by atoms with E-state index >= 15 is 0 Å². The van der Waals surface area contributed by atoms with Crippen LogP contribution in [0.4, 0.5) is 0 Å². The van der Waals surface area contributed by atoms with E-state index in [4.69, 9.17) is 30.5 Å². The van der Waals surface area contributed by atoms with Crippen molar-refractivity contribution < 1.29 is 33.3 Å². The minimum Gasteiger partial charge on any atom is -0.496 e. The molecule has 0 heterocycles. The Bertz CT molecular complexity index is 1440. The molecule has 246 valence electrons. The molecule has 0 aliphatic carbocycles. The third-order valence-electron chi connectivity index (χ3n) is 7.18. The summed E-state index contributed by atoms with van der Waals surface area (Å²) in [5.74, 6) is 0.326. The SMILES string of the molecule is C=CC(=O)OCCCCSc1ccc(C(=O)Oc2ccc(C(=O)Oc3ccc(CCCCCCCCC)cc3)c(Cl)c2)cc1OC. The molecule has 0 aromatic heterocycles. The molecule has 0 aliphatic heterocycles. The van der Waals surface area contributed by atoms with Gasteiger partial charge in [-0.2, -0.15) is 0 Å². The van der Waals surface area contributed by atoms with Crippen LogP contribution in [-0.4, -0.2) is 37.4 Å². The number of esters is 3. The van der Waals surface area contributed by atoms with E-state index in [0.29, 0.717) is 23.7 Å². The van der Waals surface area contributed by atoms with Crippen molar-refractivity contribution in [2.45, 2.75) is 76.0 Å². The van der Waals surface area contributed by atoms with Gasteiger partial charge in [0.2, 0.25) is 0 Å². The van der Waals surface area contributed by atoms with Crippen molar-refractivity contribution in [1.29, 1.82) is 0 Å². The predicted molar refractivity (Wildman–Crippen MR) is 184 cm³/mol. The number of unbranched alkanes of at least 4 members (excludes halogenated alkanes) is 7. The summed E-state index contributed by atoms with van der Waals surface area (Å²) < 4.78 is 21.5. The first kappa shape index (κ1) is 36.7. The highest BCUT2D eigenvalue weighted by atomic mass is 35.5. The van der Waals surface area contributed by atoms with Gasteiger partial charge in [0.25, 0.3) is 0 Å². The van der Waals surface area contributed by atoms with Gasteiger partial charge < -0.3 is 18.9 Å². The molecular weight excluding hydrogens is 624 g/mol. The van der Waals surface area contributed by atoms with E-state index in [2.05, 4.69) is 13.5 Å². The summed E-state index contributed by atoms with van der Waals surface area (Å²) in [6, 6.07) is 17.0. The van der Waals surface area contributed by atoms with Crippen LogP contribution in [0.5, 0.6) is 17.2 Å². The first-order valence-electron chi connectivity index (χ1n) is 15.8.